The summed E-state index contributed by atoms with van der Waals surface area (Å²) in [7, 11) is 0. The van der Waals surface area contributed by atoms with Crippen LogP contribution < -0.4 is 9.47 Å². The number of fused-ring (bicyclic) bond motifs is 1. The molecule has 0 radical (unpaired) electrons. The van der Waals surface area contributed by atoms with Crippen LogP contribution in [0, 0.1) is 0 Å². The number of rotatable bonds is 2. The quantitative estimate of drug-likeness (QED) is 0.893. The van der Waals surface area contributed by atoms with Crippen LogP contribution in [-0.2, 0) is 0 Å². The Hall–Kier alpha value is -0.870. The third kappa shape index (κ3) is 2.59. The first-order valence-corrected chi connectivity index (χ1v) is 7.45. The summed E-state index contributed by atoms with van der Waals surface area (Å²) in [5, 5.41) is 10.2. The molecule has 1 heterocycles. The topological polar surface area (TPSA) is 38.7 Å². The summed E-state index contributed by atoms with van der Waals surface area (Å²) in [6.45, 7) is 1.44. The second-order valence-corrected chi connectivity index (χ2v) is 6.13. The lowest BCUT2D eigenvalue weighted by atomic mass is 10.3. The molecular formula is C14H18O3S. The summed E-state index contributed by atoms with van der Waals surface area (Å²) in [4.78, 5) is 1.16. The number of benzene rings is 1. The Labute approximate surface area is 111 Å². The lowest BCUT2D eigenvalue weighted by Crippen LogP contribution is -2.14. The normalized spacial score (nSPS) is 26.9. The molecule has 2 unspecified atom stereocenters. The van der Waals surface area contributed by atoms with Crippen molar-refractivity contribution in [1.29, 1.82) is 0 Å². The van der Waals surface area contributed by atoms with Crippen LogP contribution in [0.25, 0.3) is 0 Å². The maximum absolute atomic E-state index is 9.86. The van der Waals surface area contributed by atoms with Gasteiger partial charge in [-0.15, -0.1) is 11.8 Å². The fraction of sp³-hybridized carbons (Fsp3) is 0.571. The highest BCUT2D eigenvalue weighted by atomic mass is 32.2. The zero-order valence-electron chi connectivity index (χ0n) is 10.3. The van der Waals surface area contributed by atoms with Crippen molar-refractivity contribution in [3.63, 3.8) is 0 Å². The number of ether oxygens (including phenoxy) is 2. The molecule has 3 rings (SSSR count). The Morgan fingerprint density at radius 3 is 2.67 bits per heavy atom. The molecule has 0 bridgehead atoms. The first-order valence-electron chi connectivity index (χ1n) is 6.57. The second-order valence-electron chi connectivity index (χ2n) is 4.81. The summed E-state index contributed by atoms with van der Waals surface area (Å²) in [5.41, 5.74) is 0. The van der Waals surface area contributed by atoms with E-state index in [4.69, 9.17) is 9.47 Å². The van der Waals surface area contributed by atoms with Crippen molar-refractivity contribution in [2.24, 2.45) is 0 Å². The van der Waals surface area contributed by atoms with E-state index in [1.165, 1.54) is 0 Å². The minimum atomic E-state index is -0.161. The van der Waals surface area contributed by atoms with Crippen LogP contribution >= 0.6 is 11.8 Å². The molecule has 1 aromatic rings. The molecule has 4 heteroatoms. The molecule has 2 atom stereocenters. The number of hydrogen-bond acceptors (Lipinski definition) is 4. The van der Waals surface area contributed by atoms with Gasteiger partial charge in [0.2, 0.25) is 0 Å². The standard InChI is InChI=1S/C14H18O3S/c15-11-3-1-4-14(11)18-10-5-6-12-13(9-10)17-8-2-7-16-12/h5-6,9,11,14-15H,1-4,7-8H2. The molecule has 1 N–H and O–H groups in total. The van der Waals surface area contributed by atoms with Gasteiger partial charge < -0.3 is 14.6 Å². The van der Waals surface area contributed by atoms with Crippen molar-refractivity contribution >= 4 is 11.8 Å². The van der Waals surface area contributed by atoms with Crippen molar-refractivity contribution in [2.45, 2.75) is 41.9 Å². The minimum Gasteiger partial charge on any atom is -0.490 e. The molecule has 1 aromatic carbocycles. The zero-order valence-corrected chi connectivity index (χ0v) is 11.1. The zero-order chi connectivity index (χ0) is 12.4. The monoisotopic (exact) mass is 266 g/mol. The number of aliphatic hydroxyl groups is 1. The molecule has 0 spiro atoms. The van der Waals surface area contributed by atoms with E-state index in [0.717, 1.165) is 48.7 Å². The summed E-state index contributed by atoms with van der Waals surface area (Å²) in [6.07, 6.45) is 3.93. The van der Waals surface area contributed by atoms with Gasteiger partial charge in [0.05, 0.1) is 19.3 Å². The van der Waals surface area contributed by atoms with Gasteiger partial charge in [-0.2, -0.15) is 0 Å². The van der Waals surface area contributed by atoms with E-state index in [-0.39, 0.29) is 6.10 Å². The second kappa shape index (κ2) is 5.41. The Balaban J connectivity index is 1.75. The van der Waals surface area contributed by atoms with Crippen molar-refractivity contribution in [1.82, 2.24) is 0 Å². The predicted octanol–water partition coefficient (Wildman–Crippen LogP) is 2.85. The molecule has 2 aliphatic rings. The summed E-state index contributed by atoms with van der Waals surface area (Å²) >= 11 is 1.75. The van der Waals surface area contributed by atoms with Gasteiger partial charge in [0, 0.05) is 16.6 Å². The van der Waals surface area contributed by atoms with E-state index in [1.54, 1.807) is 11.8 Å². The predicted molar refractivity (Wildman–Crippen MR) is 71.6 cm³/mol. The van der Waals surface area contributed by atoms with Crippen LogP contribution in [0.15, 0.2) is 23.1 Å². The van der Waals surface area contributed by atoms with Gasteiger partial charge >= 0.3 is 0 Å². The Kier molecular flexibility index (Phi) is 3.66. The van der Waals surface area contributed by atoms with Gasteiger partial charge in [-0.25, -0.2) is 0 Å². The molecule has 98 valence electrons. The first kappa shape index (κ1) is 12.2. The van der Waals surface area contributed by atoms with Crippen LogP contribution in [0.1, 0.15) is 25.7 Å². The van der Waals surface area contributed by atoms with Gasteiger partial charge in [0.25, 0.3) is 0 Å². The van der Waals surface area contributed by atoms with E-state index in [2.05, 4.69) is 6.07 Å². The van der Waals surface area contributed by atoms with Crippen LogP contribution in [0.4, 0.5) is 0 Å². The fourth-order valence-corrected chi connectivity index (χ4v) is 3.68. The average Bonchev–Trinajstić information content (AvgIpc) is 2.65. The Morgan fingerprint density at radius 1 is 1.06 bits per heavy atom. The van der Waals surface area contributed by atoms with Gasteiger partial charge in [0.1, 0.15) is 0 Å². The molecule has 1 fully saturated rings. The number of hydrogen-bond donors (Lipinski definition) is 1. The number of aliphatic hydroxyl groups excluding tert-OH is 1. The van der Waals surface area contributed by atoms with Gasteiger partial charge in [0.15, 0.2) is 11.5 Å². The molecule has 1 saturated carbocycles. The Bertz CT molecular complexity index is 422. The van der Waals surface area contributed by atoms with E-state index in [1.807, 2.05) is 12.1 Å². The largest absolute Gasteiger partial charge is 0.490 e. The van der Waals surface area contributed by atoms with E-state index < -0.39 is 0 Å². The summed E-state index contributed by atoms with van der Waals surface area (Å²) in [6, 6.07) is 6.07. The molecule has 1 aliphatic heterocycles. The third-order valence-corrected chi connectivity index (χ3v) is 4.80. The highest BCUT2D eigenvalue weighted by Crippen LogP contribution is 2.39. The highest BCUT2D eigenvalue weighted by molar-refractivity contribution is 8.00. The van der Waals surface area contributed by atoms with Crippen molar-refractivity contribution in [3.8, 4) is 11.5 Å². The lowest BCUT2D eigenvalue weighted by molar-refractivity contribution is 0.188. The first-order chi connectivity index (χ1) is 8.83. The third-order valence-electron chi connectivity index (χ3n) is 3.42. The van der Waals surface area contributed by atoms with Gasteiger partial charge in [-0.1, -0.05) is 0 Å². The number of thioether (sulfide) groups is 1. The molecule has 3 nitrogen and oxygen atoms in total. The van der Waals surface area contributed by atoms with Gasteiger partial charge in [-0.3, -0.25) is 0 Å². The molecular weight excluding hydrogens is 248 g/mol. The fourth-order valence-electron chi connectivity index (χ4n) is 2.44. The SMILES string of the molecule is OC1CCCC1Sc1ccc2c(c1)OCCCO2. The van der Waals surface area contributed by atoms with Crippen LogP contribution in [0.5, 0.6) is 11.5 Å². The smallest absolute Gasteiger partial charge is 0.162 e. The minimum absolute atomic E-state index is 0.161. The van der Waals surface area contributed by atoms with E-state index >= 15 is 0 Å². The molecule has 0 amide bonds. The van der Waals surface area contributed by atoms with Crippen molar-refractivity contribution < 1.29 is 14.6 Å². The van der Waals surface area contributed by atoms with E-state index in [0.29, 0.717) is 11.9 Å². The van der Waals surface area contributed by atoms with E-state index in [9.17, 15) is 5.11 Å². The molecule has 0 saturated heterocycles. The van der Waals surface area contributed by atoms with Crippen molar-refractivity contribution in [3.05, 3.63) is 18.2 Å². The average molecular weight is 266 g/mol. The summed E-state index contributed by atoms with van der Waals surface area (Å²) in [5.74, 6) is 1.67. The maximum Gasteiger partial charge on any atom is 0.162 e. The maximum atomic E-state index is 9.86. The summed E-state index contributed by atoms with van der Waals surface area (Å²) < 4.78 is 11.3. The molecule has 0 aromatic heterocycles. The van der Waals surface area contributed by atoms with Crippen LogP contribution in [0.3, 0.4) is 0 Å². The highest BCUT2D eigenvalue weighted by Gasteiger charge is 2.26. The van der Waals surface area contributed by atoms with Crippen molar-refractivity contribution in [2.75, 3.05) is 13.2 Å². The van der Waals surface area contributed by atoms with Crippen LogP contribution in [-0.4, -0.2) is 29.7 Å². The Morgan fingerprint density at radius 2 is 1.89 bits per heavy atom. The lowest BCUT2D eigenvalue weighted by Gasteiger charge is -2.15. The van der Waals surface area contributed by atoms with Gasteiger partial charge in [-0.05, 0) is 37.5 Å². The molecule has 18 heavy (non-hydrogen) atoms. The molecule has 1 aliphatic carbocycles. The van der Waals surface area contributed by atoms with Crippen LogP contribution in [0.2, 0.25) is 0 Å².